The minimum Gasteiger partial charge on any atom is -0.466 e. The van der Waals surface area contributed by atoms with E-state index in [1.54, 1.807) is 12.1 Å². The van der Waals surface area contributed by atoms with Crippen LogP contribution in [0, 0.1) is 0 Å². The Balaban J connectivity index is 2.24. The van der Waals surface area contributed by atoms with Crippen LogP contribution in [0.3, 0.4) is 0 Å². The first-order valence-corrected chi connectivity index (χ1v) is 7.08. The van der Waals surface area contributed by atoms with Gasteiger partial charge in [0, 0.05) is 17.8 Å². The Morgan fingerprint density at radius 1 is 1.24 bits per heavy atom. The van der Waals surface area contributed by atoms with Gasteiger partial charge in [-0.2, -0.15) is 0 Å². The molecule has 1 aromatic carbocycles. The molecule has 1 aromatic heterocycles. The van der Waals surface area contributed by atoms with Crippen LogP contribution >= 0.6 is 0 Å². The molecule has 0 aliphatic rings. The smallest absolute Gasteiger partial charge is 0.466 e. The van der Waals surface area contributed by atoms with Gasteiger partial charge in [-0.3, -0.25) is 4.79 Å². The van der Waals surface area contributed by atoms with Crippen LogP contribution in [0.25, 0.3) is 6.08 Å². The summed E-state index contributed by atoms with van der Waals surface area (Å²) in [6.45, 7) is 0.0494. The number of rotatable bonds is 5. The van der Waals surface area contributed by atoms with Gasteiger partial charge in [-0.05, 0) is 35.9 Å². The number of methoxy groups -OCH3 is 1. The number of aromatic nitrogens is 1. The standard InChI is InChI=1S/C17H14F3NO4/c1-24-15(22)8-7-13-5-3-9-21(16(13)23)11-12-4-2-6-14(10-12)25-17(18,19)20/h2-10H,11H2,1H3/b8-7+. The van der Waals surface area contributed by atoms with Crippen molar-refractivity contribution in [2.24, 2.45) is 0 Å². The molecular formula is C17H14F3NO4. The molecule has 0 N–H and O–H groups in total. The van der Waals surface area contributed by atoms with Crippen molar-refractivity contribution >= 4 is 12.0 Å². The maximum absolute atomic E-state index is 12.3. The lowest BCUT2D eigenvalue weighted by Crippen LogP contribution is -2.22. The zero-order valence-electron chi connectivity index (χ0n) is 13.1. The number of ether oxygens (including phenoxy) is 2. The number of halogens is 3. The predicted octanol–water partition coefficient (Wildman–Crippen LogP) is 2.98. The number of alkyl halides is 3. The van der Waals surface area contributed by atoms with E-state index in [0.717, 1.165) is 6.08 Å². The Labute approximate surface area is 140 Å². The molecule has 8 heteroatoms. The predicted molar refractivity (Wildman–Crippen MR) is 84.0 cm³/mol. The van der Waals surface area contributed by atoms with Gasteiger partial charge in [-0.25, -0.2) is 4.79 Å². The highest BCUT2D eigenvalue weighted by Crippen LogP contribution is 2.23. The lowest BCUT2D eigenvalue weighted by Gasteiger charge is -2.11. The van der Waals surface area contributed by atoms with Crippen LogP contribution in [-0.2, 0) is 16.1 Å². The summed E-state index contributed by atoms with van der Waals surface area (Å²) in [5.74, 6) is -0.966. The van der Waals surface area contributed by atoms with Gasteiger partial charge in [0.25, 0.3) is 5.56 Å². The number of carbonyl (C=O) groups is 1. The number of hydrogen-bond donors (Lipinski definition) is 0. The number of nitrogens with zero attached hydrogens (tertiary/aromatic N) is 1. The van der Waals surface area contributed by atoms with Gasteiger partial charge in [-0.15, -0.1) is 13.2 Å². The molecule has 2 rings (SSSR count). The van der Waals surface area contributed by atoms with Gasteiger partial charge >= 0.3 is 12.3 Å². The molecule has 5 nitrogen and oxygen atoms in total. The number of hydrogen-bond acceptors (Lipinski definition) is 4. The normalized spacial score (nSPS) is 11.5. The molecule has 0 saturated carbocycles. The van der Waals surface area contributed by atoms with Crippen LogP contribution in [0.4, 0.5) is 13.2 Å². The van der Waals surface area contributed by atoms with Crippen LogP contribution in [0.2, 0.25) is 0 Å². The fraction of sp³-hybridized carbons (Fsp3) is 0.176. The molecule has 0 spiro atoms. The monoisotopic (exact) mass is 353 g/mol. The van der Waals surface area contributed by atoms with Crippen molar-refractivity contribution in [3.05, 3.63) is 70.2 Å². The van der Waals surface area contributed by atoms with Gasteiger partial charge in [0.15, 0.2) is 0 Å². The van der Waals surface area contributed by atoms with Crippen molar-refractivity contribution in [2.45, 2.75) is 12.9 Å². The third-order valence-corrected chi connectivity index (χ3v) is 3.13. The first-order valence-electron chi connectivity index (χ1n) is 7.08. The van der Waals surface area contributed by atoms with Gasteiger partial charge in [0.2, 0.25) is 0 Å². The van der Waals surface area contributed by atoms with Crippen molar-refractivity contribution in [1.82, 2.24) is 4.57 Å². The zero-order chi connectivity index (χ0) is 18.4. The molecule has 0 bridgehead atoms. The van der Waals surface area contributed by atoms with E-state index in [1.807, 2.05) is 0 Å². The number of benzene rings is 1. The van der Waals surface area contributed by atoms with Crippen LogP contribution in [0.5, 0.6) is 5.75 Å². The van der Waals surface area contributed by atoms with E-state index in [4.69, 9.17) is 0 Å². The second-order valence-corrected chi connectivity index (χ2v) is 4.95. The number of carbonyl (C=O) groups excluding carboxylic acids is 1. The second-order valence-electron chi connectivity index (χ2n) is 4.95. The first kappa shape index (κ1) is 18.3. The Morgan fingerprint density at radius 2 is 2.00 bits per heavy atom. The number of esters is 1. The maximum atomic E-state index is 12.3. The molecular weight excluding hydrogens is 339 g/mol. The third kappa shape index (κ3) is 5.52. The minimum atomic E-state index is -4.78. The molecule has 0 aliphatic carbocycles. The van der Waals surface area contributed by atoms with Gasteiger partial charge in [0.1, 0.15) is 5.75 Å². The lowest BCUT2D eigenvalue weighted by atomic mass is 10.2. The fourth-order valence-electron chi connectivity index (χ4n) is 2.07. The van der Waals surface area contributed by atoms with E-state index in [2.05, 4.69) is 9.47 Å². The molecule has 0 atom stereocenters. The van der Waals surface area contributed by atoms with Crippen molar-refractivity contribution in [3.8, 4) is 5.75 Å². The Hall–Kier alpha value is -3.03. The zero-order valence-corrected chi connectivity index (χ0v) is 13.1. The molecule has 0 saturated heterocycles. The largest absolute Gasteiger partial charge is 0.573 e. The summed E-state index contributed by atoms with van der Waals surface area (Å²) in [6, 6.07) is 8.47. The quantitative estimate of drug-likeness (QED) is 0.613. The van der Waals surface area contributed by atoms with Crippen molar-refractivity contribution in [3.63, 3.8) is 0 Å². The number of pyridine rings is 1. The van der Waals surface area contributed by atoms with E-state index in [1.165, 1.54) is 48.2 Å². The average Bonchev–Trinajstić information content (AvgIpc) is 2.54. The molecule has 132 valence electrons. The van der Waals surface area contributed by atoms with Crippen molar-refractivity contribution < 1.29 is 27.4 Å². The van der Waals surface area contributed by atoms with Crippen molar-refractivity contribution in [2.75, 3.05) is 7.11 Å². The molecule has 0 radical (unpaired) electrons. The SMILES string of the molecule is COC(=O)/C=C/c1cccn(Cc2cccc(OC(F)(F)F)c2)c1=O. The van der Waals surface area contributed by atoms with E-state index in [9.17, 15) is 22.8 Å². The van der Waals surface area contributed by atoms with E-state index in [-0.39, 0.29) is 17.9 Å². The topological polar surface area (TPSA) is 57.5 Å². The molecule has 25 heavy (non-hydrogen) atoms. The Kier molecular flexibility index (Phi) is 5.63. The summed E-state index contributed by atoms with van der Waals surface area (Å²) in [7, 11) is 1.21. The summed E-state index contributed by atoms with van der Waals surface area (Å²) in [4.78, 5) is 23.4. The summed E-state index contributed by atoms with van der Waals surface area (Å²) in [6.07, 6.45) is -0.865. The van der Waals surface area contributed by atoms with Gasteiger partial charge in [0.05, 0.1) is 13.7 Å². The summed E-state index contributed by atoms with van der Waals surface area (Å²) >= 11 is 0. The third-order valence-electron chi connectivity index (χ3n) is 3.13. The highest BCUT2D eigenvalue weighted by Gasteiger charge is 2.31. The van der Waals surface area contributed by atoms with Gasteiger partial charge < -0.3 is 14.0 Å². The molecule has 2 aromatic rings. The molecule has 0 unspecified atom stereocenters. The van der Waals surface area contributed by atoms with Crippen LogP contribution < -0.4 is 10.3 Å². The molecule has 0 amide bonds. The van der Waals surface area contributed by atoms with Gasteiger partial charge in [-0.1, -0.05) is 12.1 Å². The van der Waals surface area contributed by atoms with Crippen LogP contribution in [0.15, 0.2) is 53.5 Å². The Bertz CT molecular complexity index is 840. The van der Waals surface area contributed by atoms with E-state index < -0.39 is 17.9 Å². The highest BCUT2D eigenvalue weighted by atomic mass is 19.4. The van der Waals surface area contributed by atoms with Crippen LogP contribution in [0.1, 0.15) is 11.1 Å². The van der Waals surface area contributed by atoms with E-state index in [0.29, 0.717) is 5.56 Å². The lowest BCUT2D eigenvalue weighted by molar-refractivity contribution is -0.274. The summed E-state index contributed by atoms with van der Waals surface area (Å²) in [5, 5.41) is 0. The second kappa shape index (κ2) is 7.69. The first-order chi connectivity index (χ1) is 11.8. The van der Waals surface area contributed by atoms with E-state index >= 15 is 0 Å². The summed E-state index contributed by atoms with van der Waals surface area (Å²) < 4.78 is 46.4. The average molecular weight is 353 g/mol. The molecule has 0 fully saturated rings. The maximum Gasteiger partial charge on any atom is 0.573 e. The Morgan fingerprint density at radius 3 is 2.68 bits per heavy atom. The molecule has 1 heterocycles. The van der Waals surface area contributed by atoms with Crippen LogP contribution in [-0.4, -0.2) is 24.0 Å². The minimum absolute atomic E-state index is 0.0494. The summed E-state index contributed by atoms with van der Waals surface area (Å²) in [5.41, 5.74) is 0.304. The van der Waals surface area contributed by atoms with Crippen molar-refractivity contribution in [1.29, 1.82) is 0 Å². The fourth-order valence-corrected chi connectivity index (χ4v) is 2.07. The highest BCUT2D eigenvalue weighted by molar-refractivity contribution is 5.86. The molecule has 0 aliphatic heterocycles.